The molecule has 0 bridgehead atoms. The van der Waals surface area contributed by atoms with Gasteiger partial charge in [0.25, 0.3) is 21.6 Å². The quantitative estimate of drug-likeness (QED) is 0.0384. The van der Waals surface area contributed by atoms with Crippen molar-refractivity contribution < 1.29 is 47.7 Å². The van der Waals surface area contributed by atoms with E-state index in [2.05, 4.69) is 35.8 Å². The second-order valence-electron chi connectivity index (χ2n) is 12.9. The number of ether oxygens (including phenoxy) is 2. The number of hydrogen-bond acceptors (Lipinski definition) is 16. The molecule has 0 aliphatic rings. The number of amides is 1. The Morgan fingerprint density at radius 1 is 0.726 bits per heavy atom. The summed E-state index contributed by atoms with van der Waals surface area (Å²) in [6.07, 6.45) is 0. The molecule has 0 saturated heterocycles. The number of phenols is 2. The summed E-state index contributed by atoms with van der Waals surface area (Å²) in [5.41, 5.74) is 4.44. The molecule has 0 unspecified atom stereocenters. The van der Waals surface area contributed by atoms with E-state index in [1.807, 2.05) is 12.1 Å². The van der Waals surface area contributed by atoms with Crippen molar-refractivity contribution in [3.8, 4) is 28.7 Å². The summed E-state index contributed by atoms with van der Waals surface area (Å²) in [7, 11) is -4.51. The number of aliphatic hydroxyl groups excluding tert-OH is 2. The van der Waals surface area contributed by atoms with E-state index >= 15 is 0 Å². The maximum atomic E-state index is 13.3. The Balaban J connectivity index is 1.20. The molecule has 1 aromatic heterocycles. The zero-order valence-corrected chi connectivity index (χ0v) is 33.3. The van der Waals surface area contributed by atoms with E-state index in [0.717, 1.165) is 22.2 Å². The Morgan fingerprint density at radius 2 is 1.29 bits per heavy atom. The van der Waals surface area contributed by atoms with Gasteiger partial charge < -0.3 is 35.6 Å². The van der Waals surface area contributed by atoms with Gasteiger partial charge in [0.05, 0.1) is 39.9 Å². The number of aromatic nitrogens is 2. The molecule has 7 rings (SSSR count). The predicted molar refractivity (Wildman–Crippen MR) is 225 cm³/mol. The number of aliphatic hydroxyl groups is 2. The molecule has 0 saturated carbocycles. The molecule has 1 heterocycles. The van der Waals surface area contributed by atoms with Crippen molar-refractivity contribution in [3.05, 3.63) is 118 Å². The van der Waals surface area contributed by atoms with E-state index in [1.165, 1.54) is 54.6 Å². The van der Waals surface area contributed by atoms with E-state index in [-0.39, 0.29) is 88.3 Å². The third kappa shape index (κ3) is 8.82. The van der Waals surface area contributed by atoms with Crippen LogP contribution in [0.3, 0.4) is 0 Å². The number of primary amides is 1. The van der Waals surface area contributed by atoms with Gasteiger partial charge in [0.2, 0.25) is 0 Å². The lowest BCUT2D eigenvalue weighted by Crippen LogP contribution is -2.14. The molecule has 0 atom stereocenters. The van der Waals surface area contributed by atoms with Crippen molar-refractivity contribution >= 4 is 83.3 Å². The maximum Gasteiger partial charge on any atom is 0.299 e. The van der Waals surface area contributed by atoms with Crippen LogP contribution in [0.15, 0.2) is 137 Å². The fourth-order valence-corrected chi connectivity index (χ4v) is 6.82. The van der Waals surface area contributed by atoms with Gasteiger partial charge in [-0.3, -0.25) is 19.2 Å². The molecule has 0 radical (unpaired) electrons. The highest BCUT2D eigenvalue weighted by Gasteiger charge is 2.21. The molecule has 1 amide bonds. The number of nitrogens with two attached hydrogens (primary N) is 1. The topological polar surface area (TPSA) is 309 Å². The van der Waals surface area contributed by atoms with Crippen molar-refractivity contribution in [2.45, 2.75) is 4.90 Å². The summed E-state index contributed by atoms with van der Waals surface area (Å²) >= 11 is 6.68. The van der Waals surface area contributed by atoms with Gasteiger partial charge in [-0.1, -0.05) is 41.9 Å². The summed E-state index contributed by atoms with van der Waals surface area (Å²) in [6, 6.07) is 23.4. The van der Waals surface area contributed by atoms with Crippen LogP contribution < -0.4 is 20.8 Å². The van der Waals surface area contributed by atoms with E-state index in [9.17, 15) is 43.0 Å². The lowest BCUT2D eigenvalue weighted by Gasteiger charge is -2.13. The molecule has 0 fully saturated rings. The number of azo groups is 3. The Morgan fingerprint density at radius 3 is 1.90 bits per heavy atom. The van der Waals surface area contributed by atoms with Gasteiger partial charge in [0, 0.05) is 22.9 Å². The van der Waals surface area contributed by atoms with Crippen molar-refractivity contribution in [3.63, 3.8) is 0 Å². The lowest BCUT2D eigenvalue weighted by molar-refractivity contribution is 0.0995. The molecular weight excluding hydrogens is 850 g/mol. The Labute approximate surface area is 354 Å². The molecule has 0 spiro atoms. The van der Waals surface area contributed by atoms with Crippen LogP contribution in [0.2, 0.25) is 5.02 Å². The summed E-state index contributed by atoms with van der Waals surface area (Å²) in [4.78, 5) is 25.1. The number of nitrogens with one attached hydrogen (secondary N) is 1. The minimum Gasteiger partial charge on any atom is -0.507 e. The zero-order chi connectivity index (χ0) is 44.1. The normalized spacial score (nSPS) is 12.1. The number of H-pyrrole nitrogens is 1. The molecule has 0 aliphatic heterocycles. The van der Waals surface area contributed by atoms with E-state index in [1.54, 1.807) is 18.2 Å². The smallest absolute Gasteiger partial charge is 0.299 e. The van der Waals surface area contributed by atoms with Crippen LogP contribution in [0.1, 0.15) is 10.5 Å². The first kappa shape index (κ1) is 42.6. The number of benzene rings is 6. The van der Waals surface area contributed by atoms with E-state index < -0.39 is 37.9 Å². The largest absolute Gasteiger partial charge is 0.507 e. The van der Waals surface area contributed by atoms with Crippen LogP contribution in [-0.2, 0) is 10.1 Å². The lowest BCUT2D eigenvalue weighted by atomic mass is 10.1. The van der Waals surface area contributed by atoms with Crippen molar-refractivity contribution in [2.75, 3.05) is 26.4 Å². The highest BCUT2D eigenvalue weighted by Crippen LogP contribution is 2.45. The first-order chi connectivity index (χ1) is 29.8. The molecular formula is C40H32ClN9O11S. The third-order valence-corrected chi connectivity index (χ3v) is 10.2. The first-order valence-electron chi connectivity index (χ1n) is 18.1. The number of carbonyl (C=O) groups is 1. The van der Waals surface area contributed by atoms with Gasteiger partial charge in [0.15, 0.2) is 17.1 Å². The van der Waals surface area contributed by atoms with E-state index in [4.69, 9.17) is 26.8 Å². The molecule has 22 heteroatoms. The Bertz CT molecular complexity index is 3130. The second-order valence-corrected chi connectivity index (χ2v) is 14.7. The minimum absolute atomic E-state index is 0.00278. The maximum absolute atomic E-state index is 13.3. The molecule has 8 N–H and O–H groups in total. The number of aromatic hydroxyl groups is 2. The molecule has 6 aromatic carbocycles. The average molecular weight is 882 g/mol. The highest BCUT2D eigenvalue weighted by atomic mass is 35.5. The number of halogens is 1. The van der Waals surface area contributed by atoms with Gasteiger partial charge in [0.1, 0.15) is 53.2 Å². The SMILES string of the molecule is NC(=O)c1[nH]n(-c2ccc(S(=O)(=O)O)cc2)c(=O)c1N=Nc1ccc2c(O)c(N=Nc3cc(OCCO)c(N=Nc4cccc5cccc(O)c45)cc3OCCO)ccc2c1Cl. The Hall–Kier alpha value is -7.56. The average Bonchev–Trinajstić information content (AvgIpc) is 3.59. The van der Waals surface area contributed by atoms with E-state index in [0.29, 0.717) is 16.5 Å². The van der Waals surface area contributed by atoms with Gasteiger partial charge in [-0.2, -0.15) is 8.42 Å². The molecule has 7 aromatic rings. The van der Waals surface area contributed by atoms with Crippen LogP contribution in [0, 0.1) is 0 Å². The molecule has 20 nitrogen and oxygen atoms in total. The molecule has 0 aliphatic carbocycles. The van der Waals surface area contributed by atoms with Crippen LogP contribution in [0.5, 0.6) is 23.0 Å². The van der Waals surface area contributed by atoms with Gasteiger partial charge in [-0.25, -0.2) is 4.68 Å². The summed E-state index contributed by atoms with van der Waals surface area (Å²) < 4.78 is 44.5. The summed E-state index contributed by atoms with van der Waals surface area (Å²) in [5.74, 6) is -1.14. The first-order valence-corrected chi connectivity index (χ1v) is 19.9. The van der Waals surface area contributed by atoms with Gasteiger partial charge >= 0.3 is 0 Å². The molecule has 316 valence electrons. The number of nitrogens with zero attached hydrogens (tertiary/aromatic N) is 7. The van der Waals surface area contributed by atoms with Gasteiger partial charge in [-0.05, 0) is 60.0 Å². The number of rotatable bonds is 15. The van der Waals surface area contributed by atoms with Crippen LogP contribution in [0.4, 0.5) is 34.1 Å². The third-order valence-electron chi connectivity index (χ3n) is 8.96. The summed E-state index contributed by atoms with van der Waals surface area (Å²) in [6.45, 7) is -0.928. The highest BCUT2D eigenvalue weighted by molar-refractivity contribution is 7.85. The van der Waals surface area contributed by atoms with Crippen molar-refractivity contribution in [1.82, 2.24) is 9.78 Å². The van der Waals surface area contributed by atoms with Crippen LogP contribution >= 0.6 is 11.6 Å². The van der Waals surface area contributed by atoms with Crippen LogP contribution in [0.25, 0.3) is 27.2 Å². The van der Waals surface area contributed by atoms with Crippen molar-refractivity contribution in [2.24, 2.45) is 36.4 Å². The van der Waals surface area contributed by atoms with Crippen LogP contribution in [-0.4, -0.2) is 75.5 Å². The fourth-order valence-electron chi connectivity index (χ4n) is 6.07. The zero-order valence-electron chi connectivity index (χ0n) is 31.7. The Kier molecular flexibility index (Phi) is 12.3. The number of aromatic amines is 1. The second kappa shape index (κ2) is 18.0. The number of carbonyl (C=O) groups excluding carboxylic acids is 1. The number of hydrogen-bond donors (Lipinski definition) is 7. The number of fused-ring (bicyclic) bond motifs is 2. The summed E-state index contributed by atoms with van der Waals surface area (Å²) in [5, 5.41) is 70.3. The predicted octanol–water partition coefficient (Wildman–Crippen LogP) is 7.87. The van der Waals surface area contributed by atoms with Crippen molar-refractivity contribution in [1.29, 1.82) is 0 Å². The monoisotopic (exact) mass is 881 g/mol. The number of phenolic OH excluding ortho intramolecular Hbond substituents is 2. The molecule has 62 heavy (non-hydrogen) atoms. The van der Waals surface area contributed by atoms with Gasteiger partial charge in [-0.15, -0.1) is 30.7 Å². The standard InChI is InChI=1S/C40H32ClN9O11S/c41-35-24-11-14-28(38(54)25(24)12-13-27(35)44-48-37-36(39(42)55)49-50(40(37)56)22-7-9-23(10-8-22)62(57,58)59)45-47-30-20-32(60-17-15-51)29(19-33(30)61-18-16-52)46-43-26-5-1-3-21-4-2-6-31(53)34(21)26/h1-14,19-20,49,51-54H,15-18H2,(H2,42,55)(H,57,58,59). The fraction of sp³-hybridized carbons (Fsp3) is 0.100. The minimum atomic E-state index is -4.51.